The zero-order chi connectivity index (χ0) is 14.6. The van der Waals surface area contributed by atoms with Crippen molar-refractivity contribution in [3.8, 4) is 0 Å². The lowest BCUT2D eigenvalue weighted by Crippen LogP contribution is -2.39. The van der Waals surface area contributed by atoms with Crippen LogP contribution in [0.4, 0.5) is 11.4 Å². The lowest BCUT2D eigenvalue weighted by atomic mass is 9.86. The molecule has 0 aromatic heterocycles. The molecular weight excluding hydrogens is 250 g/mol. The van der Waals surface area contributed by atoms with Gasteiger partial charge in [0.2, 0.25) is 5.91 Å². The molecule has 0 spiro atoms. The van der Waals surface area contributed by atoms with Crippen LogP contribution in [0.1, 0.15) is 33.1 Å². The Morgan fingerprint density at radius 3 is 2.70 bits per heavy atom. The van der Waals surface area contributed by atoms with Crippen LogP contribution in [-0.2, 0) is 4.79 Å². The fourth-order valence-electron chi connectivity index (χ4n) is 2.44. The Morgan fingerprint density at radius 1 is 1.40 bits per heavy atom. The van der Waals surface area contributed by atoms with E-state index in [4.69, 9.17) is 5.73 Å². The molecule has 20 heavy (non-hydrogen) atoms. The molecule has 1 saturated heterocycles. The molecule has 1 fully saturated rings. The maximum Gasteiger partial charge on any atom is 0.231 e. The van der Waals surface area contributed by atoms with E-state index in [1.807, 2.05) is 26.0 Å². The Bertz CT molecular complexity index is 463. The Labute approximate surface area is 121 Å². The fraction of sp³-hybridized carbons (Fsp3) is 0.562. The van der Waals surface area contributed by atoms with Gasteiger partial charge in [-0.25, -0.2) is 0 Å². The predicted molar refractivity (Wildman–Crippen MR) is 84.0 cm³/mol. The zero-order valence-corrected chi connectivity index (χ0v) is 12.5. The molecule has 0 saturated carbocycles. The summed E-state index contributed by atoms with van der Waals surface area (Å²) < 4.78 is 0. The molecule has 1 aliphatic rings. The van der Waals surface area contributed by atoms with Gasteiger partial charge in [0.05, 0.1) is 5.41 Å². The molecule has 0 bridgehead atoms. The first-order valence-electron chi connectivity index (χ1n) is 7.45. The van der Waals surface area contributed by atoms with Crippen molar-refractivity contribution in [1.82, 2.24) is 0 Å². The van der Waals surface area contributed by atoms with Crippen LogP contribution < -0.4 is 16.0 Å². The summed E-state index contributed by atoms with van der Waals surface area (Å²) in [6.45, 7) is 6.47. The first-order chi connectivity index (χ1) is 9.59. The first-order valence-corrected chi connectivity index (χ1v) is 7.45. The standard InChI is InChI=1S/C16H25N3O/c1-3-16(2,12-17)15(20)18-13-7-6-8-14(11-13)19-9-4-5-10-19/h6-8,11H,3-5,9-10,12,17H2,1-2H3,(H,18,20). The second-order valence-electron chi connectivity index (χ2n) is 5.82. The molecule has 1 heterocycles. The number of nitrogens with zero attached hydrogens (tertiary/aromatic N) is 1. The third-order valence-corrected chi connectivity index (χ3v) is 4.35. The number of amides is 1. The summed E-state index contributed by atoms with van der Waals surface area (Å²) in [7, 11) is 0. The van der Waals surface area contributed by atoms with Gasteiger partial charge in [0.25, 0.3) is 0 Å². The number of nitrogens with two attached hydrogens (primary N) is 1. The number of nitrogens with one attached hydrogen (secondary N) is 1. The van der Waals surface area contributed by atoms with E-state index in [0.29, 0.717) is 6.54 Å². The summed E-state index contributed by atoms with van der Waals surface area (Å²) in [5, 5.41) is 3.00. The van der Waals surface area contributed by atoms with Crippen molar-refractivity contribution in [2.24, 2.45) is 11.1 Å². The topological polar surface area (TPSA) is 58.4 Å². The van der Waals surface area contributed by atoms with Crippen LogP contribution in [-0.4, -0.2) is 25.5 Å². The van der Waals surface area contributed by atoms with Crippen molar-refractivity contribution in [1.29, 1.82) is 0 Å². The third-order valence-electron chi connectivity index (χ3n) is 4.35. The van der Waals surface area contributed by atoms with E-state index < -0.39 is 5.41 Å². The first kappa shape index (κ1) is 14.9. The van der Waals surface area contributed by atoms with Gasteiger partial charge in [-0.05, 0) is 44.4 Å². The van der Waals surface area contributed by atoms with Gasteiger partial charge in [-0.15, -0.1) is 0 Å². The minimum atomic E-state index is -0.496. The average Bonchev–Trinajstić information content (AvgIpc) is 3.01. The van der Waals surface area contributed by atoms with Crippen LogP contribution in [0.15, 0.2) is 24.3 Å². The number of hydrogen-bond donors (Lipinski definition) is 2. The van der Waals surface area contributed by atoms with Crippen molar-refractivity contribution in [2.75, 3.05) is 29.9 Å². The van der Waals surface area contributed by atoms with Crippen LogP contribution in [0, 0.1) is 5.41 Å². The maximum atomic E-state index is 12.3. The van der Waals surface area contributed by atoms with Crippen LogP contribution in [0.5, 0.6) is 0 Å². The molecule has 4 nitrogen and oxygen atoms in total. The lowest BCUT2D eigenvalue weighted by molar-refractivity contribution is -0.124. The summed E-state index contributed by atoms with van der Waals surface area (Å²) in [5.41, 5.74) is 7.28. The van der Waals surface area contributed by atoms with Gasteiger partial charge in [0, 0.05) is 31.0 Å². The maximum absolute atomic E-state index is 12.3. The fourth-order valence-corrected chi connectivity index (χ4v) is 2.44. The lowest BCUT2D eigenvalue weighted by Gasteiger charge is -2.25. The summed E-state index contributed by atoms with van der Waals surface area (Å²) in [6, 6.07) is 8.08. The molecule has 1 aliphatic heterocycles. The van der Waals surface area contributed by atoms with E-state index in [0.717, 1.165) is 25.2 Å². The highest BCUT2D eigenvalue weighted by atomic mass is 16.2. The van der Waals surface area contributed by atoms with Crippen LogP contribution in [0.2, 0.25) is 0 Å². The molecule has 1 amide bonds. The van der Waals surface area contributed by atoms with E-state index in [2.05, 4.69) is 22.3 Å². The minimum absolute atomic E-state index is 0.000993. The Hall–Kier alpha value is -1.55. The molecular formula is C16H25N3O. The van der Waals surface area contributed by atoms with E-state index in [1.54, 1.807) is 0 Å². The highest BCUT2D eigenvalue weighted by Gasteiger charge is 2.29. The van der Waals surface area contributed by atoms with Gasteiger partial charge in [0.15, 0.2) is 0 Å². The molecule has 3 N–H and O–H groups in total. The number of anilines is 2. The van der Waals surface area contributed by atoms with E-state index in [1.165, 1.54) is 18.5 Å². The van der Waals surface area contributed by atoms with Gasteiger partial charge in [-0.2, -0.15) is 0 Å². The molecule has 1 aromatic rings. The number of carbonyl (C=O) groups is 1. The van der Waals surface area contributed by atoms with E-state index in [-0.39, 0.29) is 5.91 Å². The number of benzene rings is 1. The number of rotatable bonds is 5. The second kappa shape index (κ2) is 6.27. The van der Waals surface area contributed by atoms with Crippen molar-refractivity contribution in [3.63, 3.8) is 0 Å². The number of hydrogen-bond acceptors (Lipinski definition) is 3. The molecule has 2 rings (SSSR count). The molecule has 1 unspecified atom stereocenters. The summed E-state index contributed by atoms with van der Waals surface area (Å²) in [4.78, 5) is 14.7. The molecule has 0 radical (unpaired) electrons. The quantitative estimate of drug-likeness (QED) is 0.868. The van der Waals surface area contributed by atoms with E-state index >= 15 is 0 Å². The van der Waals surface area contributed by atoms with Crippen molar-refractivity contribution in [2.45, 2.75) is 33.1 Å². The molecule has 0 aliphatic carbocycles. The normalized spacial score (nSPS) is 17.9. The minimum Gasteiger partial charge on any atom is -0.371 e. The Kier molecular flexibility index (Phi) is 4.65. The van der Waals surface area contributed by atoms with E-state index in [9.17, 15) is 4.79 Å². The van der Waals surface area contributed by atoms with Crippen LogP contribution >= 0.6 is 0 Å². The molecule has 4 heteroatoms. The smallest absolute Gasteiger partial charge is 0.231 e. The molecule has 1 atom stereocenters. The Morgan fingerprint density at radius 2 is 2.10 bits per heavy atom. The SMILES string of the molecule is CCC(C)(CN)C(=O)Nc1cccc(N2CCCC2)c1. The predicted octanol–water partition coefficient (Wildman–Crippen LogP) is 2.60. The highest BCUT2D eigenvalue weighted by Crippen LogP contribution is 2.26. The molecule has 110 valence electrons. The Balaban J connectivity index is 2.09. The highest BCUT2D eigenvalue weighted by molar-refractivity contribution is 5.95. The second-order valence-corrected chi connectivity index (χ2v) is 5.82. The van der Waals surface area contributed by atoms with Gasteiger partial charge in [0.1, 0.15) is 0 Å². The summed E-state index contributed by atoms with van der Waals surface area (Å²) in [5.74, 6) is 0.000993. The van der Waals surface area contributed by atoms with Gasteiger partial charge in [-0.3, -0.25) is 4.79 Å². The van der Waals surface area contributed by atoms with Crippen LogP contribution in [0.25, 0.3) is 0 Å². The molecule has 1 aromatic carbocycles. The number of carbonyl (C=O) groups excluding carboxylic acids is 1. The van der Waals surface area contributed by atoms with Gasteiger partial charge >= 0.3 is 0 Å². The van der Waals surface area contributed by atoms with Crippen molar-refractivity contribution in [3.05, 3.63) is 24.3 Å². The summed E-state index contributed by atoms with van der Waals surface area (Å²) in [6.07, 6.45) is 3.23. The largest absolute Gasteiger partial charge is 0.371 e. The average molecular weight is 275 g/mol. The monoisotopic (exact) mass is 275 g/mol. The van der Waals surface area contributed by atoms with Gasteiger partial charge < -0.3 is 16.0 Å². The van der Waals surface area contributed by atoms with Crippen molar-refractivity contribution >= 4 is 17.3 Å². The van der Waals surface area contributed by atoms with Crippen LogP contribution in [0.3, 0.4) is 0 Å². The van der Waals surface area contributed by atoms with Crippen molar-refractivity contribution < 1.29 is 4.79 Å². The summed E-state index contributed by atoms with van der Waals surface area (Å²) >= 11 is 0. The zero-order valence-electron chi connectivity index (χ0n) is 12.5. The van der Waals surface area contributed by atoms with Gasteiger partial charge in [-0.1, -0.05) is 13.0 Å². The third kappa shape index (κ3) is 3.12.